The van der Waals surface area contributed by atoms with Gasteiger partial charge in [-0.15, -0.1) is 0 Å². The van der Waals surface area contributed by atoms with Crippen molar-refractivity contribution in [2.45, 2.75) is 13.8 Å². The highest BCUT2D eigenvalue weighted by Crippen LogP contribution is 2.23. The predicted molar refractivity (Wildman–Crippen MR) is 97.0 cm³/mol. The van der Waals surface area contributed by atoms with Gasteiger partial charge >= 0.3 is 0 Å². The van der Waals surface area contributed by atoms with Crippen LogP contribution in [-0.2, 0) is 9.59 Å². The van der Waals surface area contributed by atoms with Gasteiger partial charge in [-0.3, -0.25) is 9.59 Å². The number of benzene rings is 2. The van der Waals surface area contributed by atoms with E-state index in [-0.39, 0.29) is 18.4 Å². The van der Waals surface area contributed by atoms with Crippen LogP contribution in [0.1, 0.15) is 12.5 Å². The van der Waals surface area contributed by atoms with Crippen molar-refractivity contribution >= 4 is 50.7 Å². The molecule has 120 valence electrons. The molecule has 2 aromatic carbocycles. The first-order valence-corrected chi connectivity index (χ1v) is 8.13. The van der Waals surface area contributed by atoms with Crippen molar-refractivity contribution in [3.8, 4) is 0 Å². The molecule has 2 aromatic rings. The molecule has 23 heavy (non-hydrogen) atoms. The molecular weight excluding hydrogens is 380 g/mol. The van der Waals surface area contributed by atoms with Gasteiger partial charge in [-0.2, -0.15) is 0 Å². The molecule has 0 fully saturated rings. The lowest BCUT2D eigenvalue weighted by molar-refractivity contribution is -0.120. The third-order valence-corrected chi connectivity index (χ3v) is 4.40. The Morgan fingerprint density at radius 1 is 1.17 bits per heavy atom. The van der Waals surface area contributed by atoms with Crippen LogP contribution in [-0.4, -0.2) is 18.4 Å². The highest BCUT2D eigenvalue weighted by molar-refractivity contribution is 9.10. The van der Waals surface area contributed by atoms with Gasteiger partial charge in [0.15, 0.2) is 0 Å². The Morgan fingerprint density at radius 2 is 1.83 bits per heavy atom. The zero-order chi connectivity index (χ0) is 17.0. The SMILES string of the molecule is CC(=O)N(CC(=O)Nc1ccc(Cl)cc1)c1ccc(Br)c(C)c1. The van der Waals surface area contributed by atoms with Crippen LogP contribution in [0.4, 0.5) is 11.4 Å². The van der Waals surface area contributed by atoms with E-state index in [1.807, 2.05) is 19.1 Å². The summed E-state index contributed by atoms with van der Waals surface area (Å²) in [5.74, 6) is -0.471. The van der Waals surface area contributed by atoms with Gasteiger partial charge in [-0.25, -0.2) is 0 Å². The van der Waals surface area contributed by atoms with Gasteiger partial charge in [0.25, 0.3) is 0 Å². The van der Waals surface area contributed by atoms with Crippen molar-refractivity contribution in [3.05, 3.63) is 57.5 Å². The van der Waals surface area contributed by atoms with Gasteiger partial charge in [-0.05, 0) is 55.0 Å². The maximum atomic E-state index is 12.2. The quantitative estimate of drug-likeness (QED) is 0.834. The van der Waals surface area contributed by atoms with Crippen LogP contribution in [0.2, 0.25) is 5.02 Å². The predicted octanol–water partition coefficient (Wildman–Crippen LogP) is 4.40. The second kappa shape index (κ2) is 7.62. The lowest BCUT2D eigenvalue weighted by atomic mass is 10.2. The smallest absolute Gasteiger partial charge is 0.244 e. The second-order valence-electron chi connectivity index (χ2n) is 5.09. The highest BCUT2D eigenvalue weighted by Gasteiger charge is 2.16. The maximum Gasteiger partial charge on any atom is 0.244 e. The Labute approximate surface area is 148 Å². The number of aryl methyl sites for hydroxylation is 1. The first-order valence-electron chi connectivity index (χ1n) is 6.96. The van der Waals surface area contributed by atoms with Crippen molar-refractivity contribution in [2.75, 3.05) is 16.8 Å². The number of anilines is 2. The van der Waals surface area contributed by atoms with E-state index >= 15 is 0 Å². The summed E-state index contributed by atoms with van der Waals surface area (Å²) < 4.78 is 0.954. The number of hydrogen-bond acceptors (Lipinski definition) is 2. The fraction of sp³-hybridized carbons (Fsp3) is 0.176. The lowest BCUT2D eigenvalue weighted by Gasteiger charge is -2.21. The molecule has 0 saturated carbocycles. The number of carbonyl (C=O) groups is 2. The lowest BCUT2D eigenvalue weighted by Crippen LogP contribution is -2.36. The van der Waals surface area contributed by atoms with Crippen LogP contribution in [0, 0.1) is 6.92 Å². The number of amides is 2. The number of rotatable bonds is 4. The second-order valence-corrected chi connectivity index (χ2v) is 6.38. The molecule has 4 nitrogen and oxygen atoms in total. The van der Waals surface area contributed by atoms with E-state index in [1.54, 1.807) is 30.3 Å². The topological polar surface area (TPSA) is 49.4 Å². The fourth-order valence-electron chi connectivity index (χ4n) is 2.06. The summed E-state index contributed by atoms with van der Waals surface area (Å²) in [6.45, 7) is 3.31. The van der Waals surface area contributed by atoms with E-state index in [9.17, 15) is 9.59 Å². The van der Waals surface area contributed by atoms with Gasteiger partial charge in [0.05, 0.1) is 0 Å². The van der Waals surface area contributed by atoms with Crippen LogP contribution < -0.4 is 10.2 Å². The standard InChI is InChI=1S/C17H16BrClN2O2/c1-11-9-15(7-8-16(11)18)21(12(2)22)10-17(23)20-14-5-3-13(19)4-6-14/h3-9H,10H2,1-2H3,(H,20,23). The van der Waals surface area contributed by atoms with Crippen molar-refractivity contribution < 1.29 is 9.59 Å². The molecule has 2 amide bonds. The number of nitrogens with one attached hydrogen (secondary N) is 1. The average Bonchev–Trinajstić information content (AvgIpc) is 2.50. The summed E-state index contributed by atoms with van der Waals surface area (Å²) in [7, 11) is 0. The number of carbonyl (C=O) groups excluding carboxylic acids is 2. The van der Waals surface area contributed by atoms with Crippen molar-refractivity contribution in [1.82, 2.24) is 0 Å². The first-order chi connectivity index (χ1) is 10.9. The van der Waals surface area contributed by atoms with Crippen LogP contribution in [0.5, 0.6) is 0 Å². The molecule has 6 heteroatoms. The zero-order valence-electron chi connectivity index (χ0n) is 12.8. The first kappa shape index (κ1) is 17.5. The summed E-state index contributed by atoms with van der Waals surface area (Å²) in [6.07, 6.45) is 0. The number of hydrogen-bond donors (Lipinski definition) is 1. The Kier molecular flexibility index (Phi) is 5.80. The minimum Gasteiger partial charge on any atom is -0.325 e. The largest absolute Gasteiger partial charge is 0.325 e. The van der Waals surface area contributed by atoms with Crippen molar-refractivity contribution in [3.63, 3.8) is 0 Å². The molecule has 0 saturated heterocycles. The molecule has 0 spiro atoms. The van der Waals surface area contributed by atoms with E-state index in [0.717, 1.165) is 10.0 Å². The molecule has 0 aliphatic carbocycles. The Bertz CT molecular complexity index is 732. The third-order valence-electron chi connectivity index (χ3n) is 3.26. The summed E-state index contributed by atoms with van der Waals surface area (Å²) >= 11 is 9.24. The Morgan fingerprint density at radius 3 is 2.39 bits per heavy atom. The van der Waals surface area contributed by atoms with E-state index < -0.39 is 0 Å². The summed E-state index contributed by atoms with van der Waals surface area (Å²) in [5.41, 5.74) is 2.31. The van der Waals surface area contributed by atoms with E-state index in [2.05, 4.69) is 21.2 Å². The minimum atomic E-state index is -0.275. The molecule has 0 atom stereocenters. The number of nitrogens with zero attached hydrogens (tertiary/aromatic N) is 1. The maximum absolute atomic E-state index is 12.2. The molecule has 2 rings (SSSR count). The third kappa shape index (κ3) is 4.81. The normalized spacial score (nSPS) is 10.3. The van der Waals surface area contributed by atoms with Gasteiger partial charge in [-0.1, -0.05) is 27.5 Å². The molecule has 0 aliphatic rings. The van der Waals surface area contributed by atoms with Crippen LogP contribution in [0.15, 0.2) is 46.9 Å². The van der Waals surface area contributed by atoms with Crippen LogP contribution >= 0.6 is 27.5 Å². The van der Waals surface area contributed by atoms with Crippen molar-refractivity contribution in [1.29, 1.82) is 0 Å². The molecule has 0 radical (unpaired) electrons. The minimum absolute atomic E-state index is 0.0565. The molecular formula is C17H16BrClN2O2. The van der Waals surface area contributed by atoms with Gasteiger partial charge in [0.2, 0.25) is 11.8 Å². The van der Waals surface area contributed by atoms with Gasteiger partial charge < -0.3 is 10.2 Å². The van der Waals surface area contributed by atoms with E-state index in [4.69, 9.17) is 11.6 Å². The van der Waals surface area contributed by atoms with Crippen molar-refractivity contribution in [2.24, 2.45) is 0 Å². The zero-order valence-corrected chi connectivity index (χ0v) is 15.1. The molecule has 0 aromatic heterocycles. The summed E-state index contributed by atoms with van der Waals surface area (Å²) in [5, 5.41) is 3.35. The average molecular weight is 396 g/mol. The summed E-state index contributed by atoms with van der Waals surface area (Å²) in [4.78, 5) is 25.5. The monoisotopic (exact) mass is 394 g/mol. The van der Waals surface area contributed by atoms with Gasteiger partial charge in [0.1, 0.15) is 6.54 Å². The Hall–Kier alpha value is -1.85. The molecule has 0 unspecified atom stereocenters. The fourth-order valence-corrected chi connectivity index (χ4v) is 2.43. The van der Waals surface area contributed by atoms with Gasteiger partial charge in [0, 0.05) is 27.8 Å². The molecule has 0 bridgehead atoms. The molecule has 1 N–H and O–H groups in total. The van der Waals surface area contributed by atoms with E-state index in [1.165, 1.54) is 11.8 Å². The summed E-state index contributed by atoms with van der Waals surface area (Å²) in [6, 6.07) is 12.3. The Balaban J connectivity index is 2.12. The highest BCUT2D eigenvalue weighted by atomic mass is 79.9. The number of halogens is 2. The van der Waals surface area contributed by atoms with Crippen LogP contribution in [0.3, 0.4) is 0 Å². The van der Waals surface area contributed by atoms with Crippen LogP contribution in [0.25, 0.3) is 0 Å². The molecule has 0 heterocycles. The molecule has 0 aliphatic heterocycles. The van der Waals surface area contributed by atoms with E-state index in [0.29, 0.717) is 16.4 Å².